The molecule has 0 aromatic heterocycles. The van der Waals surface area contributed by atoms with E-state index in [0.29, 0.717) is 18.3 Å². The molecule has 4 fully saturated rings. The summed E-state index contributed by atoms with van der Waals surface area (Å²) in [6, 6.07) is 0. The summed E-state index contributed by atoms with van der Waals surface area (Å²) in [5.74, 6) is 0.718. The van der Waals surface area contributed by atoms with Gasteiger partial charge in [0, 0.05) is 11.8 Å². The van der Waals surface area contributed by atoms with Gasteiger partial charge >= 0.3 is 11.9 Å². The Kier molecular flexibility index (Phi) is 12.4. The van der Waals surface area contributed by atoms with Crippen LogP contribution in [0.4, 0.5) is 0 Å². The van der Waals surface area contributed by atoms with Crippen LogP contribution in [0, 0.1) is 50.2 Å². The molecule has 0 saturated heterocycles. The summed E-state index contributed by atoms with van der Waals surface area (Å²) in [4.78, 5) is 26.2. The van der Waals surface area contributed by atoms with E-state index in [9.17, 15) is 14.7 Å². The minimum absolute atomic E-state index is 0.0000165. The van der Waals surface area contributed by atoms with Crippen LogP contribution in [0.2, 0.25) is 0 Å². The third-order valence-corrected chi connectivity index (χ3v) is 16.8. The van der Waals surface area contributed by atoms with Gasteiger partial charge < -0.3 is 9.84 Å². The van der Waals surface area contributed by atoms with Crippen LogP contribution in [-0.2, 0) is 14.3 Å². The van der Waals surface area contributed by atoms with Crippen molar-refractivity contribution in [3.8, 4) is 0 Å². The van der Waals surface area contributed by atoms with Crippen LogP contribution in [0.15, 0.2) is 11.6 Å². The molecule has 0 aliphatic heterocycles. The van der Waals surface area contributed by atoms with Crippen molar-refractivity contribution in [2.75, 3.05) is 0 Å². The first kappa shape index (κ1) is 39.9. The zero-order valence-electron chi connectivity index (χ0n) is 34.0. The Bertz CT molecular complexity index is 1210. The molecular formula is C46H78O4. The lowest BCUT2D eigenvalue weighted by atomic mass is 9.33. The number of ether oxygens (including phenoxy) is 1. The highest BCUT2D eigenvalue weighted by Crippen LogP contribution is 2.75. The molecule has 4 nitrogen and oxygen atoms in total. The molecule has 1 N–H and O–H groups in total. The fourth-order valence-corrected chi connectivity index (χ4v) is 13.3. The molecule has 0 aromatic carbocycles. The molecule has 286 valence electrons. The van der Waals surface area contributed by atoms with Gasteiger partial charge in [-0.3, -0.25) is 9.59 Å². The summed E-state index contributed by atoms with van der Waals surface area (Å²) in [5, 5.41) is 10.7. The van der Waals surface area contributed by atoms with Crippen molar-refractivity contribution in [2.24, 2.45) is 50.2 Å². The third kappa shape index (κ3) is 7.41. The highest BCUT2D eigenvalue weighted by molar-refractivity contribution is 5.76. The Balaban J connectivity index is 1.15. The second-order valence-corrected chi connectivity index (χ2v) is 20.5. The third-order valence-electron chi connectivity index (χ3n) is 16.8. The Morgan fingerprint density at radius 3 is 1.90 bits per heavy atom. The van der Waals surface area contributed by atoms with Gasteiger partial charge in [-0.05, 0) is 110 Å². The normalized spacial score (nSPS) is 38.5. The van der Waals surface area contributed by atoms with Crippen LogP contribution in [0.25, 0.3) is 0 Å². The number of fused-ring (bicyclic) bond motifs is 7. The molecule has 0 heterocycles. The molecule has 8 atom stereocenters. The van der Waals surface area contributed by atoms with Crippen LogP contribution < -0.4 is 0 Å². The molecule has 0 bridgehead atoms. The summed E-state index contributed by atoms with van der Waals surface area (Å²) in [7, 11) is 0. The number of allylic oxidation sites excluding steroid dienone is 2. The van der Waals surface area contributed by atoms with Crippen molar-refractivity contribution in [3.05, 3.63) is 11.6 Å². The van der Waals surface area contributed by atoms with Crippen LogP contribution in [0.3, 0.4) is 0 Å². The van der Waals surface area contributed by atoms with Gasteiger partial charge in [-0.1, -0.05) is 144 Å². The Morgan fingerprint density at radius 1 is 0.720 bits per heavy atom. The fourth-order valence-electron chi connectivity index (χ4n) is 13.3. The zero-order valence-corrected chi connectivity index (χ0v) is 34.0. The van der Waals surface area contributed by atoms with E-state index in [1.807, 2.05) is 0 Å². The Morgan fingerprint density at radius 2 is 1.30 bits per heavy atom. The van der Waals surface area contributed by atoms with Crippen LogP contribution >= 0.6 is 0 Å². The summed E-state index contributed by atoms with van der Waals surface area (Å²) < 4.78 is 6.38. The molecule has 4 saturated carbocycles. The van der Waals surface area contributed by atoms with Gasteiger partial charge in [0.1, 0.15) is 6.10 Å². The van der Waals surface area contributed by atoms with E-state index in [2.05, 4.69) is 61.5 Å². The SMILES string of the molecule is CCCCCCCCCCCCCCCC(=O)O[C@H]1CC[C@@]2(C)[C@H](CC[C@]3(C)[C@H]2CC=C2[C@@H]4CC(C)(C)CC[C@]4(C(=O)O)CC[C@]23C)C1(C)C. The second kappa shape index (κ2) is 15.6. The number of carboxylic acids is 1. The smallest absolute Gasteiger partial charge is 0.310 e. The standard InChI is InChI=1S/C46H78O4/c1-9-10-11-12-13-14-15-16-17-18-19-20-21-22-39(47)50-38-26-27-43(6)36(42(38,4)5)25-28-45(8)37(43)24-23-34-35-33-41(2,3)29-31-46(35,40(48)49)32-30-44(34,45)7/h23,35-38H,9-22,24-33H2,1-8H3,(H,48,49)/t35-,36+,37-,38-,43-,44+,45+,46-/m0/s1. The highest BCUT2D eigenvalue weighted by atomic mass is 16.5. The van der Waals surface area contributed by atoms with Crippen molar-refractivity contribution < 1.29 is 19.4 Å². The minimum atomic E-state index is -0.581. The zero-order chi connectivity index (χ0) is 36.4. The van der Waals surface area contributed by atoms with E-state index in [-0.39, 0.29) is 45.1 Å². The summed E-state index contributed by atoms with van der Waals surface area (Å²) in [6.45, 7) is 19.5. The Hall–Kier alpha value is -1.32. The number of rotatable bonds is 16. The number of esters is 1. The fraction of sp³-hybridized carbons (Fsp3) is 0.913. The van der Waals surface area contributed by atoms with Gasteiger partial charge in [0.15, 0.2) is 0 Å². The summed E-state index contributed by atoms with van der Waals surface area (Å²) >= 11 is 0. The number of carbonyl (C=O) groups excluding carboxylic acids is 1. The molecule has 0 amide bonds. The predicted octanol–water partition coefficient (Wildman–Crippen LogP) is 13.3. The molecule has 50 heavy (non-hydrogen) atoms. The molecule has 0 radical (unpaired) electrons. The molecule has 0 unspecified atom stereocenters. The van der Waals surface area contributed by atoms with Crippen molar-refractivity contribution in [1.29, 1.82) is 0 Å². The van der Waals surface area contributed by atoms with E-state index in [1.54, 1.807) is 0 Å². The van der Waals surface area contributed by atoms with E-state index in [0.717, 1.165) is 64.2 Å². The maximum absolute atomic E-state index is 13.2. The van der Waals surface area contributed by atoms with Gasteiger partial charge in [0.2, 0.25) is 0 Å². The van der Waals surface area contributed by atoms with Gasteiger partial charge in [-0.15, -0.1) is 0 Å². The minimum Gasteiger partial charge on any atom is -0.481 e. The van der Waals surface area contributed by atoms with E-state index in [4.69, 9.17) is 4.74 Å². The number of hydrogen-bond donors (Lipinski definition) is 1. The van der Waals surface area contributed by atoms with Gasteiger partial charge in [0.05, 0.1) is 5.41 Å². The van der Waals surface area contributed by atoms with Crippen molar-refractivity contribution in [3.63, 3.8) is 0 Å². The van der Waals surface area contributed by atoms with Gasteiger partial charge in [-0.25, -0.2) is 0 Å². The largest absolute Gasteiger partial charge is 0.481 e. The quantitative estimate of drug-likeness (QED) is 0.0992. The first-order valence-electron chi connectivity index (χ1n) is 21.7. The lowest BCUT2D eigenvalue weighted by molar-refractivity contribution is -0.214. The maximum Gasteiger partial charge on any atom is 0.310 e. The van der Waals surface area contributed by atoms with E-state index >= 15 is 0 Å². The molecule has 5 aliphatic carbocycles. The summed E-state index contributed by atoms with van der Waals surface area (Å²) in [6.07, 6.45) is 30.4. The van der Waals surface area contributed by atoms with Crippen LogP contribution in [0.5, 0.6) is 0 Å². The van der Waals surface area contributed by atoms with Crippen LogP contribution in [-0.4, -0.2) is 23.1 Å². The average molecular weight is 695 g/mol. The average Bonchev–Trinajstić information content (AvgIpc) is 3.04. The molecular weight excluding hydrogens is 617 g/mol. The lowest BCUT2D eigenvalue weighted by Gasteiger charge is -2.71. The second-order valence-electron chi connectivity index (χ2n) is 20.5. The topological polar surface area (TPSA) is 63.6 Å². The molecule has 0 aromatic rings. The molecule has 0 spiro atoms. The van der Waals surface area contributed by atoms with Crippen molar-refractivity contribution in [2.45, 2.75) is 216 Å². The van der Waals surface area contributed by atoms with Crippen LogP contribution in [0.1, 0.15) is 209 Å². The predicted molar refractivity (Wildman–Crippen MR) is 207 cm³/mol. The molecule has 4 heteroatoms. The number of unbranched alkanes of at least 4 members (excludes halogenated alkanes) is 12. The number of carboxylic acid groups (broad SMARTS) is 1. The first-order chi connectivity index (χ1) is 23.6. The van der Waals surface area contributed by atoms with Crippen molar-refractivity contribution in [1.82, 2.24) is 0 Å². The van der Waals surface area contributed by atoms with Crippen molar-refractivity contribution >= 4 is 11.9 Å². The van der Waals surface area contributed by atoms with Gasteiger partial charge in [-0.2, -0.15) is 0 Å². The molecule has 5 aliphatic rings. The Labute approximate surface area is 308 Å². The van der Waals surface area contributed by atoms with Gasteiger partial charge in [0.25, 0.3) is 0 Å². The molecule has 5 rings (SSSR count). The lowest BCUT2D eigenvalue weighted by Crippen LogP contribution is -2.65. The first-order valence-corrected chi connectivity index (χ1v) is 21.7. The number of hydrogen-bond acceptors (Lipinski definition) is 3. The monoisotopic (exact) mass is 695 g/mol. The van der Waals surface area contributed by atoms with E-state index < -0.39 is 11.4 Å². The number of carbonyl (C=O) groups is 2. The summed E-state index contributed by atoms with van der Waals surface area (Å²) in [5.41, 5.74) is 1.45. The maximum atomic E-state index is 13.2. The number of aliphatic carboxylic acids is 1. The van der Waals surface area contributed by atoms with E-state index in [1.165, 1.54) is 89.0 Å². The highest BCUT2D eigenvalue weighted by Gasteiger charge is 2.69.